The molecule has 0 bridgehead atoms. The quantitative estimate of drug-likeness (QED) is 0.0759. The zero-order valence-electron chi connectivity index (χ0n) is 61.2. The lowest BCUT2D eigenvalue weighted by Gasteiger charge is -2.14. The van der Waals surface area contributed by atoms with Crippen LogP contribution >= 0.6 is 47.0 Å². The van der Waals surface area contributed by atoms with Gasteiger partial charge in [-0.25, -0.2) is 19.2 Å². The fraction of sp³-hybridized carbons (Fsp3) is 0.0769. The number of para-hydroxylation sites is 2. The van der Waals surface area contributed by atoms with Gasteiger partial charge in [-0.05, 0) is 140 Å². The van der Waals surface area contributed by atoms with Crippen LogP contribution in [0.2, 0.25) is 0 Å². The first-order valence-electron chi connectivity index (χ1n) is 35.7. The highest BCUT2D eigenvalue weighted by molar-refractivity contribution is 8.00. The van der Waals surface area contributed by atoms with Crippen molar-refractivity contribution >= 4 is 102 Å². The monoisotopic (exact) mass is 1580 g/mol. The van der Waals surface area contributed by atoms with Crippen molar-refractivity contribution in [3.05, 3.63) is 414 Å². The summed E-state index contributed by atoms with van der Waals surface area (Å²) in [6.07, 6.45) is 0. The summed E-state index contributed by atoms with van der Waals surface area (Å²) in [4.78, 5) is 107. The summed E-state index contributed by atoms with van der Waals surface area (Å²) in [6, 6.07) is 87.3. The SMILES string of the molecule is Cc1cc2oc(=O)c(Sc3ccc(O)cc3)cc2c(=O)n1Cc1ccccc1.Cc1cc2oc(=O)c(Sc3cccc(O)c3)cc2c(=O)n1Cc1ccccc1.Cc1cc2oc(=O)c(Sc3ccccc3O)cc2c(=O)n1Cc1ccccc1.O=c1cc(Sc2ccccc2)c2c(=O)n(Cc3ccccc3)c3ccccc3c2o1. The van der Waals surface area contributed by atoms with Crippen LogP contribution in [0.1, 0.15) is 39.3 Å². The molecule has 17 aromatic rings. The summed E-state index contributed by atoms with van der Waals surface area (Å²) < 4.78 is 28.5. The molecule has 114 heavy (non-hydrogen) atoms. The van der Waals surface area contributed by atoms with Crippen LogP contribution < -0.4 is 44.7 Å². The van der Waals surface area contributed by atoms with E-state index < -0.39 is 22.5 Å². The Kier molecular flexibility index (Phi) is 23.7. The number of aryl methyl sites for hydroxylation is 3. The van der Waals surface area contributed by atoms with E-state index in [-0.39, 0.29) is 61.1 Å². The van der Waals surface area contributed by atoms with E-state index in [4.69, 9.17) is 17.7 Å². The summed E-state index contributed by atoms with van der Waals surface area (Å²) in [7, 11) is 0. The van der Waals surface area contributed by atoms with Crippen molar-refractivity contribution in [1.29, 1.82) is 0 Å². The number of benzene rings is 9. The summed E-state index contributed by atoms with van der Waals surface area (Å²) >= 11 is 4.82. The van der Waals surface area contributed by atoms with E-state index in [1.807, 2.05) is 197 Å². The van der Waals surface area contributed by atoms with Gasteiger partial charge in [0.05, 0.1) is 72.8 Å². The molecule has 8 aromatic heterocycles. The molecule has 0 atom stereocenters. The van der Waals surface area contributed by atoms with Crippen molar-refractivity contribution < 1.29 is 33.0 Å². The second-order valence-corrected chi connectivity index (χ2v) is 30.7. The van der Waals surface area contributed by atoms with Crippen LogP contribution in [0.15, 0.2) is 386 Å². The first kappa shape index (κ1) is 77.4. The Morgan fingerprint density at radius 1 is 0.289 bits per heavy atom. The molecule has 0 unspecified atom stereocenters. The van der Waals surface area contributed by atoms with Gasteiger partial charge in [0.25, 0.3) is 22.2 Å². The van der Waals surface area contributed by atoms with Crippen LogP contribution in [0.4, 0.5) is 0 Å². The molecule has 0 spiro atoms. The number of rotatable bonds is 16. The molecule has 3 N–H and O–H groups in total. The van der Waals surface area contributed by atoms with Crippen molar-refractivity contribution in [3.8, 4) is 17.2 Å². The number of hydrogen-bond acceptors (Lipinski definition) is 19. The Balaban J connectivity index is 0.000000126. The molecule has 0 radical (unpaired) electrons. The van der Waals surface area contributed by atoms with Gasteiger partial charge in [-0.15, -0.1) is 0 Å². The van der Waals surface area contributed by atoms with Crippen LogP contribution in [0.5, 0.6) is 17.2 Å². The van der Waals surface area contributed by atoms with Gasteiger partial charge in [-0.2, -0.15) is 0 Å². The predicted octanol–water partition coefficient (Wildman–Crippen LogP) is 17.8. The number of pyridine rings is 4. The van der Waals surface area contributed by atoms with Crippen molar-refractivity contribution in [2.75, 3.05) is 0 Å². The molecular formula is C91H68N4O15S4. The number of aromatic nitrogens is 4. The highest BCUT2D eigenvalue weighted by atomic mass is 32.2. The van der Waals surface area contributed by atoms with Gasteiger partial charge in [0, 0.05) is 66.3 Å². The average molecular weight is 1590 g/mol. The van der Waals surface area contributed by atoms with Gasteiger partial charge in [0.15, 0.2) is 5.58 Å². The van der Waals surface area contributed by atoms with Gasteiger partial charge in [0.1, 0.15) is 34.0 Å². The maximum atomic E-state index is 13.7. The zero-order valence-corrected chi connectivity index (χ0v) is 64.5. The predicted molar refractivity (Wildman–Crippen MR) is 448 cm³/mol. The summed E-state index contributed by atoms with van der Waals surface area (Å²) in [5.41, 5.74) is 5.31. The number of fused-ring (bicyclic) bond motifs is 6. The molecule has 23 heteroatoms. The fourth-order valence-electron chi connectivity index (χ4n) is 12.6. The molecule has 0 aliphatic rings. The smallest absolute Gasteiger partial charge is 0.350 e. The molecule has 0 amide bonds. The van der Waals surface area contributed by atoms with Gasteiger partial charge in [0.2, 0.25) is 0 Å². The molecule has 19 nitrogen and oxygen atoms in total. The minimum absolute atomic E-state index is 0.0670. The highest BCUT2D eigenvalue weighted by Crippen LogP contribution is 2.36. The first-order valence-corrected chi connectivity index (χ1v) is 38.9. The number of phenolic OH excluding ortho intramolecular Hbond substituents is 3. The van der Waals surface area contributed by atoms with E-state index in [0.29, 0.717) is 83.5 Å². The molecule has 0 saturated carbocycles. The third-order valence-electron chi connectivity index (χ3n) is 18.3. The number of nitrogens with zero attached hydrogens (tertiary/aromatic N) is 4. The lowest BCUT2D eigenvalue weighted by atomic mass is 10.1. The van der Waals surface area contributed by atoms with Crippen LogP contribution in [0.3, 0.4) is 0 Å². The maximum Gasteiger partial charge on any atom is 0.350 e. The lowest BCUT2D eigenvalue weighted by Crippen LogP contribution is -2.23. The van der Waals surface area contributed by atoms with Gasteiger partial charge >= 0.3 is 22.5 Å². The van der Waals surface area contributed by atoms with Crippen molar-refractivity contribution in [3.63, 3.8) is 0 Å². The van der Waals surface area contributed by atoms with Crippen molar-refractivity contribution in [1.82, 2.24) is 18.3 Å². The van der Waals surface area contributed by atoms with Crippen LogP contribution in [0.25, 0.3) is 54.8 Å². The van der Waals surface area contributed by atoms with Crippen molar-refractivity contribution in [2.45, 2.75) is 86.1 Å². The third-order valence-corrected chi connectivity index (χ3v) is 22.4. The van der Waals surface area contributed by atoms with E-state index >= 15 is 0 Å². The maximum absolute atomic E-state index is 13.7. The number of aromatic hydroxyl groups is 3. The Morgan fingerprint density at radius 3 is 1.12 bits per heavy atom. The van der Waals surface area contributed by atoms with Crippen LogP contribution in [0, 0.1) is 20.8 Å². The minimum atomic E-state index is -0.541. The van der Waals surface area contributed by atoms with Gasteiger partial charge in [-0.1, -0.05) is 217 Å². The minimum Gasteiger partial charge on any atom is -0.508 e. The molecule has 8 heterocycles. The van der Waals surface area contributed by atoms with Crippen LogP contribution in [-0.4, -0.2) is 33.6 Å². The third kappa shape index (κ3) is 18.0. The van der Waals surface area contributed by atoms with E-state index in [9.17, 15) is 53.7 Å². The Morgan fingerprint density at radius 2 is 0.667 bits per heavy atom. The lowest BCUT2D eigenvalue weighted by molar-refractivity contribution is 0.462. The molecule has 17 rings (SSSR count). The zero-order chi connectivity index (χ0) is 79.5. The Labute approximate surface area is 665 Å². The summed E-state index contributed by atoms with van der Waals surface area (Å²) in [6.45, 7) is 7.21. The standard InChI is InChI=1S/C25H17NO3S.3C22H17NO4S/c27-22-15-21(30-18-11-5-2-6-12-18)23-24(29-22)19-13-7-8-14-20(19)26(25(23)28)16-17-9-3-1-4-10-17;1-14-11-18-16(21(25)23(14)13-15-7-3-2-4-8-15)12-20(22(26)27-18)28-19-10-6-5-9-17(19)24;1-14-10-19-18(21(25)23(14)13-15-6-3-2-4-7-15)12-20(22(26)27-19)28-17-9-5-8-16(24)11-17;1-14-11-19-18(21(25)23(14)13-15-5-3-2-4-6-15)12-20(22(26)27-19)28-17-9-7-16(24)8-10-17/h1-15H,16H2;3*2-12,24H,13H2,1H3. The first-order chi connectivity index (χ1) is 55.2. The molecule has 0 saturated heterocycles. The Bertz CT molecular complexity index is 6950. The van der Waals surface area contributed by atoms with Gasteiger partial charge in [-0.3, -0.25) is 19.2 Å². The topological polar surface area (TPSA) is 270 Å². The van der Waals surface area contributed by atoms with E-state index in [2.05, 4.69) is 0 Å². The number of phenols is 3. The average Bonchev–Trinajstić information content (AvgIpc) is 0.748. The highest BCUT2D eigenvalue weighted by Gasteiger charge is 2.21. The molecule has 0 fully saturated rings. The molecule has 9 aromatic carbocycles. The summed E-state index contributed by atoms with van der Waals surface area (Å²) in [5.74, 6) is 0.322. The molecule has 566 valence electrons. The fourth-order valence-corrected chi connectivity index (χ4v) is 16.2. The Hall–Kier alpha value is -13.3. The number of hydrogen-bond donors (Lipinski definition) is 3. The normalized spacial score (nSPS) is 11.1. The van der Waals surface area contributed by atoms with E-state index in [1.165, 1.54) is 29.6 Å². The largest absolute Gasteiger partial charge is 0.508 e. The second kappa shape index (κ2) is 34.9. The second-order valence-electron chi connectivity index (χ2n) is 26.2. The molecule has 0 aliphatic carbocycles. The molecular weight excluding hydrogens is 1520 g/mol. The van der Waals surface area contributed by atoms with E-state index in [1.54, 1.807) is 127 Å². The van der Waals surface area contributed by atoms with E-state index in [0.717, 1.165) is 77.9 Å². The van der Waals surface area contributed by atoms with Crippen molar-refractivity contribution in [2.24, 2.45) is 0 Å². The molecule has 0 aliphatic heterocycles. The summed E-state index contributed by atoms with van der Waals surface area (Å²) in [5, 5.41) is 31.2. The van der Waals surface area contributed by atoms with Gasteiger partial charge < -0.3 is 51.3 Å². The van der Waals surface area contributed by atoms with Crippen LogP contribution in [-0.2, 0) is 26.2 Å².